The van der Waals surface area contributed by atoms with E-state index in [4.69, 9.17) is 4.74 Å². The lowest BCUT2D eigenvalue weighted by atomic mass is 10.0. The summed E-state index contributed by atoms with van der Waals surface area (Å²) in [5.74, 6) is -0.0201. The monoisotopic (exact) mass is 1170 g/mol. The fraction of sp³-hybridized carbons (Fsp3) is 0.922. The average Bonchev–Trinajstić information content (AvgIpc) is 3.49. The van der Waals surface area contributed by atoms with Crippen molar-refractivity contribution in [3.8, 4) is 0 Å². The summed E-state index contributed by atoms with van der Waals surface area (Å²) in [7, 11) is 0. The number of aliphatic hydroxyl groups is 2. The molecule has 6 nitrogen and oxygen atoms in total. The first-order valence-corrected chi connectivity index (χ1v) is 38.1. The number of carbonyl (C=O) groups excluding carboxylic acids is 2. The Balaban J connectivity index is 3.37. The van der Waals surface area contributed by atoms with E-state index in [0.29, 0.717) is 25.9 Å². The third kappa shape index (κ3) is 69.3. The normalized spacial score (nSPS) is 12.6. The van der Waals surface area contributed by atoms with Gasteiger partial charge in [0.05, 0.1) is 25.4 Å². The Labute approximate surface area is 520 Å². The predicted molar refractivity (Wildman–Crippen MR) is 366 cm³/mol. The van der Waals surface area contributed by atoms with Crippen LogP contribution in [0.1, 0.15) is 431 Å². The standard InChI is InChI=1S/C77H149NO5/c1-3-5-7-9-11-13-15-16-17-18-19-20-21-31-34-37-40-43-46-50-53-57-61-65-69-75(80)74(73-79)78-76(81)70-66-62-58-54-51-47-44-41-38-35-32-29-27-25-23-22-24-26-28-30-33-36-39-42-45-48-52-56-60-64-68-72-83-77(82)71-67-63-59-55-49-14-12-10-8-6-4-2/h10,12,24,26,74-75,79-80H,3-9,11,13-23,25,27-73H2,1-2H3,(H,78,81)/b12-10-,26-24-. The van der Waals surface area contributed by atoms with Gasteiger partial charge in [0.25, 0.3) is 0 Å². The topological polar surface area (TPSA) is 95.9 Å². The number of carbonyl (C=O) groups is 2. The second kappa shape index (κ2) is 72.8. The highest BCUT2D eigenvalue weighted by molar-refractivity contribution is 5.76. The van der Waals surface area contributed by atoms with Crippen molar-refractivity contribution in [2.75, 3.05) is 13.2 Å². The van der Waals surface area contributed by atoms with E-state index >= 15 is 0 Å². The molecule has 6 heteroatoms. The lowest BCUT2D eigenvalue weighted by Crippen LogP contribution is -2.45. The zero-order valence-electron chi connectivity index (χ0n) is 56.5. The summed E-state index contributed by atoms with van der Waals surface area (Å²) in [5.41, 5.74) is 0. The van der Waals surface area contributed by atoms with Gasteiger partial charge in [-0.2, -0.15) is 0 Å². The zero-order valence-corrected chi connectivity index (χ0v) is 56.5. The number of hydrogen-bond acceptors (Lipinski definition) is 5. The van der Waals surface area contributed by atoms with Gasteiger partial charge in [-0.15, -0.1) is 0 Å². The zero-order chi connectivity index (χ0) is 59.9. The minimum Gasteiger partial charge on any atom is -0.466 e. The molecule has 0 aliphatic carbocycles. The van der Waals surface area contributed by atoms with Crippen LogP contribution in [0.2, 0.25) is 0 Å². The largest absolute Gasteiger partial charge is 0.466 e. The lowest BCUT2D eigenvalue weighted by molar-refractivity contribution is -0.143. The maximum atomic E-state index is 12.6. The molecule has 492 valence electrons. The molecule has 1 amide bonds. The van der Waals surface area contributed by atoms with E-state index in [9.17, 15) is 19.8 Å². The number of esters is 1. The van der Waals surface area contributed by atoms with Crippen molar-refractivity contribution in [1.82, 2.24) is 5.32 Å². The summed E-state index contributed by atoms with van der Waals surface area (Å²) in [6, 6.07) is -0.541. The van der Waals surface area contributed by atoms with Crippen LogP contribution in [0, 0.1) is 0 Å². The molecule has 0 rings (SSSR count). The minimum absolute atomic E-state index is 0.00732. The van der Waals surface area contributed by atoms with Crippen molar-refractivity contribution in [2.24, 2.45) is 0 Å². The first kappa shape index (κ1) is 81.3. The van der Waals surface area contributed by atoms with Gasteiger partial charge in [0.2, 0.25) is 5.91 Å². The Morgan fingerprint density at radius 1 is 0.325 bits per heavy atom. The van der Waals surface area contributed by atoms with Crippen molar-refractivity contribution < 1.29 is 24.5 Å². The van der Waals surface area contributed by atoms with E-state index in [1.807, 2.05) is 0 Å². The number of hydrogen-bond donors (Lipinski definition) is 3. The molecule has 3 N–H and O–H groups in total. The van der Waals surface area contributed by atoms with E-state index in [-0.39, 0.29) is 18.5 Å². The molecule has 0 saturated heterocycles. The van der Waals surface area contributed by atoms with Crippen molar-refractivity contribution in [1.29, 1.82) is 0 Å². The van der Waals surface area contributed by atoms with E-state index in [1.54, 1.807) is 0 Å². The van der Waals surface area contributed by atoms with Crippen LogP contribution in [0.5, 0.6) is 0 Å². The Bertz CT molecular complexity index is 1300. The molecule has 0 bridgehead atoms. The Kier molecular flexibility index (Phi) is 71.4. The first-order valence-electron chi connectivity index (χ1n) is 38.1. The van der Waals surface area contributed by atoms with E-state index in [0.717, 1.165) is 44.9 Å². The van der Waals surface area contributed by atoms with Crippen LogP contribution in [0.3, 0.4) is 0 Å². The molecule has 0 aliphatic heterocycles. The van der Waals surface area contributed by atoms with Gasteiger partial charge in [0.1, 0.15) is 0 Å². The van der Waals surface area contributed by atoms with Gasteiger partial charge in [0, 0.05) is 12.8 Å². The molecule has 0 saturated carbocycles. The smallest absolute Gasteiger partial charge is 0.305 e. The maximum Gasteiger partial charge on any atom is 0.305 e. The van der Waals surface area contributed by atoms with Gasteiger partial charge in [-0.25, -0.2) is 0 Å². The van der Waals surface area contributed by atoms with Gasteiger partial charge < -0.3 is 20.3 Å². The molecule has 2 atom stereocenters. The highest BCUT2D eigenvalue weighted by Crippen LogP contribution is 2.20. The van der Waals surface area contributed by atoms with E-state index in [1.165, 1.54) is 353 Å². The van der Waals surface area contributed by atoms with E-state index in [2.05, 4.69) is 43.5 Å². The highest BCUT2D eigenvalue weighted by atomic mass is 16.5. The molecule has 0 aromatic heterocycles. The third-order valence-corrected chi connectivity index (χ3v) is 18.0. The molecule has 0 radical (unpaired) electrons. The predicted octanol–water partition coefficient (Wildman–Crippen LogP) is 24.9. The second-order valence-corrected chi connectivity index (χ2v) is 26.3. The lowest BCUT2D eigenvalue weighted by Gasteiger charge is -2.22. The fourth-order valence-electron chi connectivity index (χ4n) is 12.2. The van der Waals surface area contributed by atoms with Crippen molar-refractivity contribution in [3.63, 3.8) is 0 Å². The first-order chi connectivity index (χ1) is 41.0. The number of ether oxygens (including phenoxy) is 1. The summed E-state index contributed by atoms with van der Waals surface area (Å²) >= 11 is 0. The van der Waals surface area contributed by atoms with Gasteiger partial charge in [-0.1, -0.05) is 372 Å². The molecule has 0 aliphatic rings. The minimum atomic E-state index is -0.664. The van der Waals surface area contributed by atoms with Gasteiger partial charge in [-0.3, -0.25) is 9.59 Å². The molecule has 0 aromatic carbocycles. The molecule has 83 heavy (non-hydrogen) atoms. The molecule has 2 unspecified atom stereocenters. The maximum absolute atomic E-state index is 12.6. The van der Waals surface area contributed by atoms with Crippen molar-refractivity contribution in [3.05, 3.63) is 24.3 Å². The second-order valence-electron chi connectivity index (χ2n) is 26.3. The number of amides is 1. The highest BCUT2D eigenvalue weighted by Gasteiger charge is 2.20. The quantitative estimate of drug-likeness (QED) is 0.0320. The summed E-state index contributed by atoms with van der Waals surface area (Å²) in [6.45, 7) is 4.96. The fourth-order valence-corrected chi connectivity index (χ4v) is 12.2. The van der Waals surface area contributed by atoms with Crippen molar-refractivity contribution >= 4 is 11.9 Å². The molecule has 0 aromatic rings. The van der Waals surface area contributed by atoms with Crippen LogP contribution in [0.4, 0.5) is 0 Å². The van der Waals surface area contributed by atoms with Crippen LogP contribution in [-0.2, 0) is 14.3 Å². The van der Waals surface area contributed by atoms with Gasteiger partial charge in [-0.05, 0) is 70.6 Å². The molecule has 0 heterocycles. The van der Waals surface area contributed by atoms with Gasteiger partial charge in [0.15, 0.2) is 0 Å². The molecular formula is C77H149NO5. The van der Waals surface area contributed by atoms with Crippen LogP contribution in [0.15, 0.2) is 24.3 Å². The summed E-state index contributed by atoms with van der Waals surface area (Å²) in [4.78, 5) is 24.6. The summed E-state index contributed by atoms with van der Waals surface area (Å²) in [6.07, 6.45) is 92.6. The Morgan fingerprint density at radius 3 is 0.892 bits per heavy atom. The SMILES string of the molecule is CCCC/C=C\CCCCCCCC(=O)OCCCCCCCCCCCCCC/C=C\CCCCCCCCCCCCCCCCCC(=O)NC(CO)C(O)CCCCCCCCCCCCCCCCCCCCCCCCCC. The summed E-state index contributed by atoms with van der Waals surface area (Å²) < 4.78 is 5.47. The number of rotatable bonds is 72. The Morgan fingerprint density at radius 2 is 0.578 bits per heavy atom. The third-order valence-electron chi connectivity index (χ3n) is 18.0. The number of aliphatic hydroxyl groups excluding tert-OH is 2. The molecular weight excluding hydrogens is 1020 g/mol. The number of unbranched alkanes of at least 4 members (excludes halogenated alkanes) is 57. The van der Waals surface area contributed by atoms with Crippen LogP contribution >= 0.6 is 0 Å². The van der Waals surface area contributed by atoms with Crippen molar-refractivity contribution in [2.45, 2.75) is 443 Å². The average molecular weight is 1170 g/mol. The Hall–Kier alpha value is -1.66. The van der Waals surface area contributed by atoms with Crippen LogP contribution < -0.4 is 5.32 Å². The molecule has 0 spiro atoms. The van der Waals surface area contributed by atoms with E-state index < -0.39 is 12.1 Å². The number of allylic oxidation sites excluding steroid dienone is 4. The molecule has 0 fully saturated rings. The van der Waals surface area contributed by atoms with Crippen LogP contribution in [-0.4, -0.2) is 47.4 Å². The van der Waals surface area contributed by atoms with Gasteiger partial charge >= 0.3 is 5.97 Å². The summed E-state index contributed by atoms with van der Waals surface area (Å²) in [5, 5.41) is 23.5. The van der Waals surface area contributed by atoms with Crippen LogP contribution in [0.25, 0.3) is 0 Å². The number of nitrogens with one attached hydrogen (secondary N) is 1.